The van der Waals surface area contributed by atoms with Crippen LogP contribution in [0.3, 0.4) is 0 Å². The highest BCUT2D eigenvalue weighted by molar-refractivity contribution is 7.25. The van der Waals surface area contributed by atoms with Crippen molar-refractivity contribution in [1.82, 2.24) is 19.5 Å². The van der Waals surface area contributed by atoms with Gasteiger partial charge in [-0.2, -0.15) is 0 Å². The lowest BCUT2D eigenvalue weighted by atomic mass is 10.0. The molecule has 0 N–H and O–H groups in total. The summed E-state index contributed by atoms with van der Waals surface area (Å²) < 4.78 is 17.9. The minimum absolute atomic E-state index is 0.552. The fraction of sp³-hybridized carbons (Fsp3) is 0. The molecule has 5 heterocycles. The zero-order valence-corrected chi connectivity index (χ0v) is 33.7. The Bertz CT molecular complexity index is 4060. The smallest absolute Gasteiger partial charge is 0.164 e. The molecule has 0 bridgehead atoms. The van der Waals surface area contributed by atoms with Crippen LogP contribution < -0.4 is 0 Å². The molecular formula is C55H30N4O2S. The third-order valence-corrected chi connectivity index (χ3v) is 13.5. The molecule has 0 atom stereocenters. The van der Waals surface area contributed by atoms with Gasteiger partial charge >= 0.3 is 0 Å². The van der Waals surface area contributed by atoms with Crippen molar-refractivity contribution >= 4 is 108 Å². The standard InChI is InChI=1S/C55H30N4O2S/c1-2-12-32-26-45-42(25-31(32)11-1)36-13-3-7-17-44(36)59(45)35-29-43(52-41-16-5-9-19-47(41)61-49(52)30-35)55-57-53(33-21-23-38-37-14-4-8-18-46(37)60-48(38)27-33)56-54(58-55)34-22-24-40-39-15-6-10-20-50(39)62-51(40)28-34/h1-30H. The molecule has 14 rings (SSSR count). The first kappa shape index (κ1) is 33.7. The maximum Gasteiger partial charge on any atom is 0.164 e. The number of fused-ring (bicyclic) bond motifs is 13. The molecule has 0 saturated heterocycles. The van der Waals surface area contributed by atoms with Crippen molar-refractivity contribution in [2.45, 2.75) is 0 Å². The van der Waals surface area contributed by atoms with Crippen LogP contribution >= 0.6 is 11.3 Å². The number of furan rings is 2. The summed E-state index contributed by atoms with van der Waals surface area (Å²) in [6.07, 6.45) is 0. The van der Waals surface area contributed by atoms with Crippen molar-refractivity contribution < 1.29 is 8.83 Å². The van der Waals surface area contributed by atoms with Crippen LogP contribution in [0.5, 0.6) is 0 Å². The quantitative estimate of drug-likeness (QED) is 0.177. The van der Waals surface area contributed by atoms with Gasteiger partial charge in [-0.3, -0.25) is 0 Å². The van der Waals surface area contributed by atoms with Crippen molar-refractivity contribution in [3.8, 4) is 39.9 Å². The van der Waals surface area contributed by atoms with Crippen LogP contribution in [0.25, 0.3) is 136 Å². The van der Waals surface area contributed by atoms with Crippen LogP contribution in [0.1, 0.15) is 0 Å². The Morgan fingerprint density at radius 2 is 0.968 bits per heavy atom. The fourth-order valence-corrected chi connectivity index (χ4v) is 10.7. The van der Waals surface area contributed by atoms with Gasteiger partial charge in [0.1, 0.15) is 22.3 Å². The molecule has 0 unspecified atom stereocenters. The monoisotopic (exact) mass is 810 g/mol. The Morgan fingerprint density at radius 1 is 0.371 bits per heavy atom. The molecule has 288 valence electrons. The van der Waals surface area contributed by atoms with E-state index in [2.05, 4.69) is 156 Å². The van der Waals surface area contributed by atoms with Crippen molar-refractivity contribution in [3.05, 3.63) is 182 Å². The largest absolute Gasteiger partial charge is 0.456 e. The van der Waals surface area contributed by atoms with Gasteiger partial charge in [-0.25, -0.2) is 15.0 Å². The molecule has 0 aliphatic rings. The zero-order chi connectivity index (χ0) is 40.5. The highest BCUT2D eigenvalue weighted by Crippen LogP contribution is 2.43. The molecule has 0 saturated carbocycles. The van der Waals surface area contributed by atoms with Crippen LogP contribution in [0.15, 0.2) is 191 Å². The van der Waals surface area contributed by atoms with Crippen molar-refractivity contribution in [3.63, 3.8) is 0 Å². The first-order chi connectivity index (χ1) is 30.7. The summed E-state index contributed by atoms with van der Waals surface area (Å²) in [6, 6.07) is 63.9. The van der Waals surface area contributed by atoms with Gasteiger partial charge < -0.3 is 13.4 Å². The summed E-state index contributed by atoms with van der Waals surface area (Å²) in [4.78, 5) is 16.0. The predicted molar refractivity (Wildman–Crippen MR) is 255 cm³/mol. The van der Waals surface area contributed by atoms with Crippen LogP contribution in [0, 0.1) is 0 Å². The van der Waals surface area contributed by atoms with Crippen LogP contribution in [0.4, 0.5) is 0 Å². The Labute approximate surface area is 356 Å². The molecule has 0 aliphatic heterocycles. The van der Waals surface area contributed by atoms with E-state index in [1.807, 2.05) is 30.3 Å². The molecule has 14 aromatic rings. The number of thiophene rings is 1. The molecule has 0 aliphatic carbocycles. The molecule has 62 heavy (non-hydrogen) atoms. The van der Waals surface area contributed by atoms with Crippen LogP contribution in [-0.4, -0.2) is 19.5 Å². The number of aromatic nitrogens is 4. The van der Waals surface area contributed by atoms with Crippen molar-refractivity contribution in [1.29, 1.82) is 0 Å². The molecule has 7 heteroatoms. The molecule has 6 nitrogen and oxygen atoms in total. The second-order valence-corrected chi connectivity index (χ2v) is 17.0. The molecule has 0 radical (unpaired) electrons. The Hall–Kier alpha value is -8.13. The van der Waals surface area contributed by atoms with Crippen LogP contribution in [-0.2, 0) is 0 Å². The van der Waals surface area contributed by atoms with Crippen molar-refractivity contribution in [2.24, 2.45) is 0 Å². The zero-order valence-electron chi connectivity index (χ0n) is 32.8. The lowest BCUT2D eigenvalue weighted by Gasteiger charge is -2.13. The molecule has 0 fully saturated rings. The highest BCUT2D eigenvalue weighted by Gasteiger charge is 2.22. The molecule has 0 amide bonds. The van der Waals surface area contributed by atoms with E-state index in [4.69, 9.17) is 23.8 Å². The summed E-state index contributed by atoms with van der Waals surface area (Å²) in [7, 11) is 0. The van der Waals surface area contributed by atoms with Gasteiger partial charge in [0.25, 0.3) is 0 Å². The second kappa shape index (κ2) is 12.7. The number of hydrogen-bond acceptors (Lipinski definition) is 6. The summed E-state index contributed by atoms with van der Waals surface area (Å²) in [5.74, 6) is 1.69. The first-order valence-corrected chi connectivity index (χ1v) is 21.5. The summed E-state index contributed by atoms with van der Waals surface area (Å²) >= 11 is 1.78. The lowest BCUT2D eigenvalue weighted by Crippen LogP contribution is -2.02. The van der Waals surface area contributed by atoms with Gasteiger partial charge in [0.15, 0.2) is 17.5 Å². The maximum absolute atomic E-state index is 6.74. The van der Waals surface area contributed by atoms with E-state index in [0.29, 0.717) is 17.5 Å². The van der Waals surface area contributed by atoms with Gasteiger partial charge in [0.05, 0.1) is 16.7 Å². The normalized spacial score (nSPS) is 12.2. The van der Waals surface area contributed by atoms with Crippen LogP contribution in [0.2, 0.25) is 0 Å². The van der Waals surface area contributed by atoms with E-state index in [1.165, 1.54) is 41.7 Å². The minimum atomic E-state index is 0.552. The minimum Gasteiger partial charge on any atom is -0.456 e. The number of nitrogens with zero attached hydrogens (tertiary/aromatic N) is 4. The van der Waals surface area contributed by atoms with Gasteiger partial charge in [-0.05, 0) is 71.4 Å². The number of benzene rings is 9. The highest BCUT2D eigenvalue weighted by atomic mass is 32.1. The molecule has 0 spiro atoms. The summed E-state index contributed by atoms with van der Waals surface area (Å²) in [6.45, 7) is 0. The molecular weight excluding hydrogens is 781 g/mol. The topological polar surface area (TPSA) is 69.9 Å². The van der Waals surface area contributed by atoms with E-state index in [1.54, 1.807) is 11.3 Å². The summed E-state index contributed by atoms with van der Waals surface area (Å²) in [5.41, 5.74) is 8.95. The maximum atomic E-state index is 6.74. The molecule has 9 aromatic carbocycles. The summed E-state index contributed by atoms with van der Waals surface area (Å²) in [5, 5.41) is 11.3. The third kappa shape index (κ3) is 4.94. The van der Waals surface area contributed by atoms with Crippen molar-refractivity contribution in [2.75, 3.05) is 0 Å². The molecule has 5 aromatic heterocycles. The predicted octanol–water partition coefficient (Wildman–Crippen LogP) is 15.3. The lowest BCUT2D eigenvalue weighted by molar-refractivity contribution is 0.668. The first-order valence-electron chi connectivity index (χ1n) is 20.7. The Balaban J connectivity index is 1.06. The second-order valence-electron chi connectivity index (χ2n) is 16.0. The number of para-hydroxylation sites is 3. The number of rotatable bonds is 4. The Kier molecular flexibility index (Phi) is 6.89. The Morgan fingerprint density at radius 3 is 1.81 bits per heavy atom. The van der Waals surface area contributed by atoms with Gasteiger partial charge in [-0.15, -0.1) is 11.3 Å². The van der Waals surface area contributed by atoms with Gasteiger partial charge in [-0.1, -0.05) is 115 Å². The van der Waals surface area contributed by atoms with Gasteiger partial charge in [0, 0.05) is 75.2 Å². The van der Waals surface area contributed by atoms with E-state index in [-0.39, 0.29) is 0 Å². The number of hydrogen-bond donors (Lipinski definition) is 0. The van der Waals surface area contributed by atoms with Gasteiger partial charge in [0.2, 0.25) is 0 Å². The third-order valence-electron chi connectivity index (χ3n) is 12.4. The van der Waals surface area contributed by atoms with E-state index in [9.17, 15) is 0 Å². The average Bonchev–Trinajstić information content (AvgIpc) is 4.08. The van der Waals surface area contributed by atoms with E-state index >= 15 is 0 Å². The fourth-order valence-electron chi connectivity index (χ4n) is 9.56. The van der Waals surface area contributed by atoms with E-state index < -0.39 is 0 Å². The van der Waals surface area contributed by atoms with E-state index in [0.717, 1.165) is 77.3 Å². The SMILES string of the molecule is c1ccc2cc3c(cc2c1)c1ccccc1n3-c1cc(-c2nc(-c3ccc4c(c3)oc3ccccc34)nc(-c3ccc4c(c3)sc3ccccc34)n2)c2c(c1)oc1ccccc12. The average molecular weight is 811 g/mol.